The molecule has 0 aliphatic rings. The van der Waals surface area contributed by atoms with E-state index in [0.29, 0.717) is 12.3 Å². The third-order valence-corrected chi connectivity index (χ3v) is 3.40. The number of rotatable bonds is 5. The van der Waals surface area contributed by atoms with Crippen LogP contribution in [-0.2, 0) is 4.79 Å². The zero-order valence-electron chi connectivity index (χ0n) is 10.00. The molecule has 1 amide bonds. The van der Waals surface area contributed by atoms with Crippen LogP contribution in [0, 0.1) is 0 Å². The van der Waals surface area contributed by atoms with E-state index in [0.717, 1.165) is 4.90 Å². The third-order valence-electron chi connectivity index (χ3n) is 2.41. The fourth-order valence-electron chi connectivity index (χ4n) is 1.09. The minimum atomic E-state index is 0. The molecule has 17 heavy (non-hydrogen) atoms. The number of carbonyl (C=O) groups excluding carboxylic acids is 1. The highest BCUT2D eigenvalue weighted by molar-refractivity contribution is 8.00. The molecule has 0 fully saturated rings. The molecule has 6 heteroatoms. The second-order valence-corrected chi connectivity index (χ2v) is 4.61. The Hall–Kier alpha value is -0.780. The molecular formula is C11H18ClN3OS. The minimum absolute atomic E-state index is 0. The molecule has 1 aromatic rings. The van der Waals surface area contributed by atoms with Crippen LogP contribution in [0.15, 0.2) is 29.4 Å². The van der Waals surface area contributed by atoms with E-state index in [2.05, 4.69) is 4.98 Å². The summed E-state index contributed by atoms with van der Waals surface area (Å²) in [7, 11) is 1.78. The highest BCUT2D eigenvalue weighted by Gasteiger charge is 2.14. The Balaban J connectivity index is 0.00000256. The molecule has 0 spiro atoms. The van der Waals surface area contributed by atoms with E-state index in [1.807, 2.05) is 19.1 Å². The lowest BCUT2D eigenvalue weighted by Gasteiger charge is -2.23. The molecule has 0 saturated heterocycles. The molecule has 1 heterocycles. The van der Waals surface area contributed by atoms with Gasteiger partial charge in [-0.05, 0) is 19.1 Å². The number of hydrogen-bond acceptors (Lipinski definition) is 4. The Morgan fingerprint density at radius 3 is 2.65 bits per heavy atom. The summed E-state index contributed by atoms with van der Waals surface area (Å²) in [4.78, 5) is 18.4. The summed E-state index contributed by atoms with van der Waals surface area (Å²) in [6.45, 7) is 2.43. The van der Waals surface area contributed by atoms with E-state index in [1.54, 1.807) is 24.3 Å². The Kier molecular flexibility index (Phi) is 7.95. The Bertz CT molecular complexity index is 337. The second-order valence-electron chi connectivity index (χ2n) is 3.56. The molecule has 1 rings (SSSR count). The highest BCUT2D eigenvalue weighted by atomic mass is 35.5. The van der Waals surface area contributed by atoms with Gasteiger partial charge in [-0.1, -0.05) is 0 Å². The molecular weight excluding hydrogens is 258 g/mol. The second kappa shape index (κ2) is 8.33. The van der Waals surface area contributed by atoms with E-state index in [1.165, 1.54) is 11.8 Å². The first kappa shape index (κ1) is 16.2. The number of halogens is 1. The molecule has 1 atom stereocenters. The molecule has 0 radical (unpaired) electrons. The van der Waals surface area contributed by atoms with Gasteiger partial charge in [-0.15, -0.1) is 24.2 Å². The number of hydrogen-bond donors (Lipinski definition) is 1. The summed E-state index contributed by atoms with van der Waals surface area (Å²) in [5.74, 6) is 0.532. The smallest absolute Gasteiger partial charge is 0.232 e. The number of nitrogens with two attached hydrogens (primary N) is 1. The lowest BCUT2D eigenvalue weighted by atomic mass is 10.3. The molecule has 4 nitrogen and oxygen atoms in total. The number of likely N-dealkylation sites (N-methyl/N-ethyl adjacent to an activating group) is 1. The van der Waals surface area contributed by atoms with Crippen LogP contribution in [-0.4, -0.2) is 41.2 Å². The van der Waals surface area contributed by atoms with E-state index in [9.17, 15) is 4.79 Å². The normalized spacial score (nSPS) is 11.5. The van der Waals surface area contributed by atoms with Crippen LogP contribution >= 0.6 is 24.2 Å². The molecule has 1 aromatic heterocycles. The van der Waals surface area contributed by atoms with Gasteiger partial charge in [0.2, 0.25) is 5.91 Å². The molecule has 0 saturated carbocycles. The first-order valence-corrected chi connectivity index (χ1v) is 6.12. The van der Waals surface area contributed by atoms with Crippen molar-refractivity contribution in [3.05, 3.63) is 24.5 Å². The van der Waals surface area contributed by atoms with Gasteiger partial charge < -0.3 is 10.6 Å². The number of pyridine rings is 1. The summed E-state index contributed by atoms with van der Waals surface area (Å²) in [6, 6.07) is 3.87. The molecule has 0 aliphatic heterocycles. The number of carbonyl (C=O) groups is 1. The fourth-order valence-corrected chi connectivity index (χ4v) is 1.89. The first-order chi connectivity index (χ1) is 7.65. The summed E-state index contributed by atoms with van der Waals surface area (Å²) < 4.78 is 0. The van der Waals surface area contributed by atoms with Crippen LogP contribution < -0.4 is 5.73 Å². The van der Waals surface area contributed by atoms with Crippen molar-refractivity contribution in [3.63, 3.8) is 0 Å². The van der Waals surface area contributed by atoms with Crippen molar-refractivity contribution in [2.45, 2.75) is 17.9 Å². The first-order valence-electron chi connectivity index (χ1n) is 5.13. The van der Waals surface area contributed by atoms with E-state index < -0.39 is 0 Å². The van der Waals surface area contributed by atoms with Gasteiger partial charge in [0.15, 0.2) is 0 Å². The average molecular weight is 276 g/mol. The molecule has 96 valence electrons. The molecule has 2 N–H and O–H groups in total. The molecule has 0 aliphatic carbocycles. The maximum absolute atomic E-state index is 11.8. The van der Waals surface area contributed by atoms with Gasteiger partial charge in [0, 0.05) is 36.9 Å². The van der Waals surface area contributed by atoms with Crippen LogP contribution in [0.2, 0.25) is 0 Å². The van der Waals surface area contributed by atoms with Gasteiger partial charge in [-0.3, -0.25) is 9.78 Å². The van der Waals surface area contributed by atoms with E-state index in [-0.39, 0.29) is 24.4 Å². The van der Waals surface area contributed by atoms with Gasteiger partial charge in [-0.2, -0.15) is 0 Å². The quantitative estimate of drug-likeness (QED) is 0.826. The molecule has 0 bridgehead atoms. The van der Waals surface area contributed by atoms with Crippen molar-refractivity contribution in [1.82, 2.24) is 9.88 Å². The highest BCUT2D eigenvalue weighted by Crippen LogP contribution is 2.16. The van der Waals surface area contributed by atoms with Crippen molar-refractivity contribution in [3.8, 4) is 0 Å². The van der Waals surface area contributed by atoms with Gasteiger partial charge in [0.1, 0.15) is 0 Å². The monoisotopic (exact) mass is 275 g/mol. The van der Waals surface area contributed by atoms with E-state index in [4.69, 9.17) is 5.73 Å². The zero-order valence-corrected chi connectivity index (χ0v) is 11.6. The third kappa shape index (κ3) is 5.39. The summed E-state index contributed by atoms with van der Waals surface area (Å²) in [5, 5.41) is 0. The van der Waals surface area contributed by atoms with Crippen LogP contribution in [0.25, 0.3) is 0 Å². The Morgan fingerprint density at radius 1 is 1.53 bits per heavy atom. The standard InChI is InChI=1S/C11H17N3OS.ClH/c1-9(7-12)14(2)11(15)8-16-10-3-5-13-6-4-10;/h3-6,9H,7-8,12H2,1-2H3;1H. The average Bonchev–Trinajstić information content (AvgIpc) is 2.35. The van der Waals surface area contributed by atoms with Gasteiger partial charge in [0.05, 0.1) is 5.75 Å². The SMILES string of the molecule is CC(CN)N(C)C(=O)CSc1ccncc1.Cl. The predicted octanol–water partition coefficient (Wildman–Crippen LogP) is 1.40. The van der Waals surface area contributed by atoms with Crippen molar-refractivity contribution >= 4 is 30.1 Å². The largest absolute Gasteiger partial charge is 0.341 e. The lowest BCUT2D eigenvalue weighted by Crippen LogP contribution is -2.40. The van der Waals surface area contributed by atoms with Crippen molar-refractivity contribution in [2.75, 3.05) is 19.3 Å². The van der Waals surface area contributed by atoms with Crippen molar-refractivity contribution in [2.24, 2.45) is 5.73 Å². The Labute approximate surface area is 112 Å². The topological polar surface area (TPSA) is 59.2 Å². The lowest BCUT2D eigenvalue weighted by molar-refractivity contribution is -0.128. The van der Waals surface area contributed by atoms with Crippen LogP contribution in [0.4, 0.5) is 0 Å². The summed E-state index contributed by atoms with van der Waals surface area (Å²) in [5.41, 5.74) is 5.51. The number of aromatic nitrogens is 1. The summed E-state index contributed by atoms with van der Waals surface area (Å²) in [6.07, 6.45) is 3.44. The van der Waals surface area contributed by atoms with Crippen LogP contribution in [0.3, 0.4) is 0 Å². The van der Waals surface area contributed by atoms with Crippen molar-refractivity contribution in [1.29, 1.82) is 0 Å². The Morgan fingerprint density at radius 2 is 2.12 bits per heavy atom. The predicted molar refractivity (Wildman–Crippen MR) is 73.5 cm³/mol. The number of thioether (sulfide) groups is 1. The van der Waals surface area contributed by atoms with Crippen LogP contribution in [0.1, 0.15) is 6.92 Å². The van der Waals surface area contributed by atoms with Gasteiger partial charge in [-0.25, -0.2) is 0 Å². The maximum Gasteiger partial charge on any atom is 0.232 e. The molecule has 1 unspecified atom stereocenters. The fraction of sp³-hybridized carbons (Fsp3) is 0.455. The minimum Gasteiger partial charge on any atom is -0.341 e. The van der Waals surface area contributed by atoms with Gasteiger partial charge in [0.25, 0.3) is 0 Å². The zero-order chi connectivity index (χ0) is 12.0. The van der Waals surface area contributed by atoms with Crippen LogP contribution in [0.5, 0.6) is 0 Å². The number of nitrogens with zero attached hydrogens (tertiary/aromatic N) is 2. The summed E-state index contributed by atoms with van der Waals surface area (Å²) >= 11 is 1.51. The van der Waals surface area contributed by atoms with Crippen molar-refractivity contribution < 1.29 is 4.79 Å². The maximum atomic E-state index is 11.8. The van der Waals surface area contributed by atoms with E-state index >= 15 is 0 Å². The molecule has 0 aromatic carbocycles. The number of amides is 1. The van der Waals surface area contributed by atoms with Gasteiger partial charge >= 0.3 is 0 Å².